The van der Waals surface area contributed by atoms with E-state index in [0.29, 0.717) is 6.54 Å². The van der Waals surface area contributed by atoms with E-state index in [1.807, 2.05) is 6.92 Å². The lowest BCUT2D eigenvalue weighted by molar-refractivity contribution is 0.138. The largest absolute Gasteiger partial charge is 0.443 e. The molecule has 0 bridgehead atoms. The Kier molecular flexibility index (Phi) is 1.37. The van der Waals surface area contributed by atoms with Crippen molar-refractivity contribution in [3.05, 3.63) is 0 Å². The molecule has 1 aliphatic rings. The number of nitrogens with zero attached hydrogens (tertiary/aromatic N) is 1. The second-order valence-corrected chi connectivity index (χ2v) is 1.75. The normalized spacial score (nSPS) is 27.1. The van der Waals surface area contributed by atoms with Gasteiger partial charge in [-0.25, -0.2) is 10.1 Å². The van der Waals surface area contributed by atoms with Gasteiger partial charge in [-0.3, -0.25) is 0 Å². The molecule has 1 saturated heterocycles. The highest BCUT2D eigenvalue weighted by atomic mass is 16.6. The van der Waals surface area contributed by atoms with Crippen molar-refractivity contribution in [2.24, 2.45) is 0 Å². The van der Waals surface area contributed by atoms with Crippen LogP contribution in [0.4, 0.5) is 4.79 Å². The fourth-order valence-corrected chi connectivity index (χ4v) is 0.606. The van der Waals surface area contributed by atoms with Crippen LogP contribution in [0.15, 0.2) is 0 Å². The lowest BCUT2D eigenvalue weighted by Gasteiger charge is -1.98. The molecule has 1 atom stereocenters. The van der Waals surface area contributed by atoms with Gasteiger partial charge in [0.2, 0.25) is 0 Å². The summed E-state index contributed by atoms with van der Waals surface area (Å²) in [7, 11) is 0. The molecule has 1 rings (SSSR count). The smallest absolute Gasteiger partial charge is 0.429 e. The zero-order valence-corrected chi connectivity index (χ0v) is 4.76. The maximum atomic E-state index is 10.2. The van der Waals surface area contributed by atoms with Gasteiger partial charge in [0.05, 0.1) is 6.54 Å². The molecule has 3 nitrogen and oxygen atoms in total. The molecule has 0 spiro atoms. The average Bonchev–Trinajstić information content (AvgIpc) is 2.14. The highest BCUT2D eigenvalue weighted by Gasteiger charge is 2.21. The minimum Gasteiger partial charge on any atom is -0.443 e. The van der Waals surface area contributed by atoms with Crippen LogP contribution in [-0.2, 0) is 4.74 Å². The third kappa shape index (κ3) is 0.911. The van der Waals surface area contributed by atoms with Gasteiger partial charge in [-0.1, -0.05) is 6.92 Å². The summed E-state index contributed by atoms with van der Waals surface area (Å²) in [6.45, 7) is 2.52. The van der Waals surface area contributed by atoms with Crippen LogP contribution in [0.5, 0.6) is 0 Å². The van der Waals surface area contributed by atoms with Crippen LogP contribution in [0.25, 0.3) is 0 Å². The van der Waals surface area contributed by atoms with Crippen molar-refractivity contribution < 1.29 is 9.53 Å². The summed E-state index contributed by atoms with van der Waals surface area (Å²) < 4.78 is 4.70. The molecule has 0 aromatic rings. The van der Waals surface area contributed by atoms with Gasteiger partial charge < -0.3 is 4.74 Å². The molecule has 0 aromatic heterocycles. The summed E-state index contributed by atoms with van der Waals surface area (Å²) in [5, 5.41) is 3.53. The Balaban J connectivity index is 2.32. The quantitative estimate of drug-likeness (QED) is 0.498. The third-order valence-electron chi connectivity index (χ3n) is 1.15. The van der Waals surface area contributed by atoms with Gasteiger partial charge >= 0.3 is 6.09 Å². The Morgan fingerprint density at radius 2 is 2.75 bits per heavy atom. The van der Waals surface area contributed by atoms with E-state index in [-0.39, 0.29) is 6.10 Å². The topological polar surface area (TPSA) is 40.4 Å². The predicted molar refractivity (Wildman–Crippen MR) is 27.6 cm³/mol. The number of carbonyl (C=O) groups is 1. The van der Waals surface area contributed by atoms with Crippen molar-refractivity contribution in [1.82, 2.24) is 5.32 Å². The van der Waals surface area contributed by atoms with E-state index in [9.17, 15) is 4.79 Å². The first-order valence-electron chi connectivity index (χ1n) is 2.71. The van der Waals surface area contributed by atoms with Gasteiger partial charge in [-0.15, -0.1) is 0 Å². The maximum absolute atomic E-state index is 10.2. The number of carbonyl (C=O) groups excluding carboxylic acids is 1. The molecule has 8 heavy (non-hydrogen) atoms. The second-order valence-electron chi connectivity index (χ2n) is 1.75. The molecule has 1 heterocycles. The Hall–Kier alpha value is -0.730. The van der Waals surface area contributed by atoms with E-state index in [1.54, 1.807) is 0 Å². The van der Waals surface area contributed by atoms with Crippen molar-refractivity contribution in [3.8, 4) is 0 Å². The minimum absolute atomic E-state index is 0.0579. The average molecular weight is 114 g/mol. The van der Waals surface area contributed by atoms with Crippen molar-refractivity contribution in [2.45, 2.75) is 19.4 Å². The van der Waals surface area contributed by atoms with Crippen LogP contribution in [0.2, 0.25) is 0 Å². The van der Waals surface area contributed by atoms with Crippen LogP contribution in [0.3, 0.4) is 0 Å². The van der Waals surface area contributed by atoms with E-state index in [2.05, 4.69) is 5.32 Å². The van der Waals surface area contributed by atoms with Gasteiger partial charge in [0.25, 0.3) is 0 Å². The second kappa shape index (κ2) is 2.03. The summed E-state index contributed by atoms with van der Waals surface area (Å²) >= 11 is 0. The highest BCUT2D eigenvalue weighted by molar-refractivity contribution is 5.68. The van der Waals surface area contributed by atoms with Crippen molar-refractivity contribution in [2.75, 3.05) is 6.54 Å². The fourth-order valence-electron chi connectivity index (χ4n) is 0.606. The number of rotatable bonds is 1. The Labute approximate surface area is 48.0 Å². The van der Waals surface area contributed by atoms with Crippen LogP contribution in [0, 0.1) is 0 Å². The Morgan fingerprint density at radius 1 is 2.00 bits per heavy atom. The lowest BCUT2D eigenvalue weighted by Crippen LogP contribution is -2.07. The fraction of sp³-hybridized carbons (Fsp3) is 0.800. The van der Waals surface area contributed by atoms with Crippen LogP contribution >= 0.6 is 0 Å². The maximum Gasteiger partial charge on any atom is 0.429 e. The molecule has 1 radical (unpaired) electrons. The highest BCUT2D eigenvalue weighted by Crippen LogP contribution is 2.03. The minimum atomic E-state index is -0.406. The summed E-state index contributed by atoms with van der Waals surface area (Å²) in [5.41, 5.74) is 0. The Morgan fingerprint density at radius 3 is 3.00 bits per heavy atom. The van der Waals surface area contributed by atoms with Crippen LogP contribution < -0.4 is 5.32 Å². The molecule has 45 valence electrons. The Bertz CT molecular complexity index is 103. The molecular weight excluding hydrogens is 106 g/mol. The first kappa shape index (κ1) is 5.41. The van der Waals surface area contributed by atoms with Crippen molar-refractivity contribution >= 4 is 6.09 Å². The molecule has 1 aliphatic heterocycles. The van der Waals surface area contributed by atoms with Crippen molar-refractivity contribution in [1.29, 1.82) is 0 Å². The SMILES string of the molecule is CCC1C[N]C(=O)O1. The predicted octanol–water partition coefficient (Wildman–Crippen LogP) is 0.520. The first-order chi connectivity index (χ1) is 3.83. The zero-order valence-electron chi connectivity index (χ0n) is 4.76. The summed E-state index contributed by atoms with van der Waals surface area (Å²) in [4.78, 5) is 10.2. The molecule has 1 unspecified atom stereocenters. The monoisotopic (exact) mass is 114 g/mol. The van der Waals surface area contributed by atoms with Crippen LogP contribution in [0.1, 0.15) is 13.3 Å². The third-order valence-corrected chi connectivity index (χ3v) is 1.15. The number of hydrogen-bond donors (Lipinski definition) is 0. The van der Waals surface area contributed by atoms with E-state index in [4.69, 9.17) is 4.74 Å². The van der Waals surface area contributed by atoms with E-state index in [1.165, 1.54) is 0 Å². The van der Waals surface area contributed by atoms with E-state index in [0.717, 1.165) is 6.42 Å². The van der Waals surface area contributed by atoms with Gasteiger partial charge in [0, 0.05) is 0 Å². The van der Waals surface area contributed by atoms with E-state index >= 15 is 0 Å². The molecule has 0 aromatic carbocycles. The number of hydrogen-bond acceptors (Lipinski definition) is 2. The molecule has 3 heteroatoms. The molecule has 0 N–H and O–H groups in total. The zero-order chi connectivity index (χ0) is 5.98. The van der Waals surface area contributed by atoms with E-state index < -0.39 is 6.09 Å². The summed E-state index contributed by atoms with van der Waals surface area (Å²) in [6, 6.07) is 0. The number of cyclic esters (lactones) is 1. The first-order valence-corrected chi connectivity index (χ1v) is 2.71. The number of ether oxygens (including phenoxy) is 1. The molecular formula is C5H8NO2. The van der Waals surface area contributed by atoms with Gasteiger partial charge in [-0.05, 0) is 6.42 Å². The number of amides is 1. The summed E-state index contributed by atoms with van der Waals surface area (Å²) in [6.07, 6.45) is 0.522. The molecule has 0 saturated carbocycles. The van der Waals surface area contributed by atoms with Gasteiger partial charge in [-0.2, -0.15) is 0 Å². The standard InChI is InChI=1S/C5H8NO2/c1-2-4-3-6-5(7)8-4/h4H,2-3H2,1H3. The lowest BCUT2D eigenvalue weighted by atomic mass is 10.3. The van der Waals surface area contributed by atoms with Crippen molar-refractivity contribution in [3.63, 3.8) is 0 Å². The molecule has 1 amide bonds. The molecule has 0 aliphatic carbocycles. The van der Waals surface area contributed by atoms with Crippen LogP contribution in [-0.4, -0.2) is 18.7 Å². The summed E-state index contributed by atoms with van der Waals surface area (Å²) in [5.74, 6) is 0. The molecule has 1 fully saturated rings. The van der Waals surface area contributed by atoms with Gasteiger partial charge in [0.1, 0.15) is 6.10 Å². The van der Waals surface area contributed by atoms with Gasteiger partial charge in [0.15, 0.2) is 0 Å².